The molecule has 13 heteroatoms. The normalized spacial score (nSPS) is 15.1. The molecule has 0 aliphatic carbocycles. The van der Waals surface area contributed by atoms with Crippen LogP contribution in [0.2, 0.25) is 0 Å². The minimum Gasteiger partial charge on any atom is -0.497 e. The van der Waals surface area contributed by atoms with E-state index in [4.69, 9.17) is 14.6 Å². The number of piperidine rings is 1. The number of anilines is 2. The van der Waals surface area contributed by atoms with E-state index in [0.29, 0.717) is 34.9 Å². The van der Waals surface area contributed by atoms with Crippen LogP contribution >= 0.6 is 0 Å². The van der Waals surface area contributed by atoms with E-state index in [1.54, 1.807) is 31.5 Å². The first kappa shape index (κ1) is 29.9. The first-order valence-corrected chi connectivity index (χ1v) is 14.3. The minimum atomic E-state index is -4.55. The van der Waals surface area contributed by atoms with Gasteiger partial charge in [-0.1, -0.05) is 12.1 Å². The molecule has 1 fully saturated rings. The number of amides is 1. The summed E-state index contributed by atoms with van der Waals surface area (Å²) in [6.45, 7) is 2.26. The fraction of sp³-hybridized carbons (Fsp3) is 0.250. The molecule has 1 saturated heterocycles. The lowest BCUT2D eigenvalue weighted by atomic mass is 10.1. The summed E-state index contributed by atoms with van der Waals surface area (Å²) in [5, 5.41) is 15.0. The minimum absolute atomic E-state index is 0.184. The van der Waals surface area contributed by atoms with Gasteiger partial charge < -0.3 is 25.4 Å². The number of benzene rings is 2. The van der Waals surface area contributed by atoms with E-state index in [-0.39, 0.29) is 17.4 Å². The van der Waals surface area contributed by atoms with Crippen LogP contribution in [0.15, 0.2) is 79.1 Å². The van der Waals surface area contributed by atoms with E-state index in [1.165, 1.54) is 12.1 Å². The van der Waals surface area contributed by atoms with Crippen molar-refractivity contribution in [2.75, 3.05) is 30.8 Å². The van der Waals surface area contributed by atoms with Crippen LogP contribution in [0, 0.1) is 0 Å². The second-order valence-corrected chi connectivity index (χ2v) is 10.6. The summed E-state index contributed by atoms with van der Waals surface area (Å²) in [5.41, 5.74) is 0.981. The molecule has 3 aromatic heterocycles. The Labute approximate surface area is 256 Å². The summed E-state index contributed by atoms with van der Waals surface area (Å²) < 4.78 is 52.5. The van der Waals surface area contributed by atoms with E-state index in [1.807, 2.05) is 28.9 Å². The third kappa shape index (κ3) is 6.99. The average molecular weight is 618 g/mol. The van der Waals surface area contributed by atoms with Gasteiger partial charge in [-0.05, 0) is 73.5 Å². The molecule has 1 atom stereocenters. The third-order valence-corrected chi connectivity index (χ3v) is 7.40. The number of nitrogens with one attached hydrogen (secondary N) is 3. The molecule has 0 saturated carbocycles. The molecule has 232 valence electrons. The quantitative estimate of drug-likeness (QED) is 0.182. The lowest BCUT2D eigenvalue weighted by molar-refractivity contribution is -0.137. The van der Waals surface area contributed by atoms with E-state index >= 15 is 0 Å². The van der Waals surface area contributed by atoms with Gasteiger partial charge in [-0.25, -0.2) is 14.6 Å². The second-order valence-electron chi connectivity index (χ2n) is 10.6. The largest absolute Gasteiger partial charge is 0.497 e. The number of rotatable bonds is 9. The number of hydrogen-bond donors (Lipinski definition) is 3. The Bertz CT molecular complexity index is 1790. The number of alkyl halides is 3. The summed E-state index contributed by atoms with van der Waals surface area (Å²) in [7, 11) is 1.63. The Balaban J connectivity index is 1.25. The summed E-state index contributed by atoms with van der Waals surface area (Å²) in [6.07, 6.45) is 0.148. The maximum Gasteiger partial charge on any atom is 0.416 e. The van der Waals surface area contributed by atoms with Crippen molar-refractivity contribution >= 4 is 28.6 Å². The monoisotopic (exact) mass is 617 g/mol. The molecule has 3 N–H and O–H groups in total. The predicted molar refractivity (Wildman–Crippen MR) is 163 cm³/mol. The van der Waals surface area contributed by atoms with Gasteiger partial charge in [0.25, 0.3) is 5.91 Å². The number of hydrogen-bond acceptors (Lipinski definition) is 8. The van der Waals surface area contributed by atoms with Crippen LogP contribution in [0.1, 0.15) is 34.3 Å². The van der Waals surface area contributed by atoms with E-state index in [0.717, 1.165) is 55.6 Å². The topological polar surface area (TPSA) is 115 Å². The molecule has 5 aromatic rings. The number of nitrogens with zero attached hydrogens (tertiary/aromatic N) is 4. The summed E-state index contributed by atoms with van der Waals surface area (Å²) >= 11 is 0. The number of methoxy groups -OCH3 is 1. The number of carbonyl (C=O) groups is 1. The van der Waals surface area contributed by atoms with Crippen molar-refractivity contribution in [2.24, 2.45) is 0 Å². The van der Waals surface area contributed by atoms with Crippen molar-refractivity contribution < 1.29 is 27.4 Å². The highest BCUT2D eigenvalue weighted by atomic mass is 19.4. The number of fused-ring (bicyclic) bond motifs is 1. The highest BCUT2D eigenvalue weighted by Crippen LogP contribution is 2.35. The van der Waals surface area contributed by atoms with Gasteiger partial charge in [0.05, 0.1) is 19.2 Å². The van der Waals surface area contributed by atoms with Crippen LogP contribution in [0.5, 0.6) is 17.2 Å². The molecule has 1 aliphatic rings. The highest BCUT2D eigenvalue weighted by Gasteiger charge is 2.31. The Morgan fingerprint density at radius 2 is 1.78 bits per heavy atom. The van der Waals surface area contributed by atoms with Gasteiger partial charge in [0.2, 0.25) is 0 Å². The number of aromatic nitrogens is 4. The van der Waals surface area contributed by atoms with Crippen LogP contribution in [-0.4, -0.2) is 51.9 Å². The molecule has 4 heterocycles. The highest BCUT2D eigenvalue weighted by molar-refractivity contribution is 6.03. The van der Waals surface area contributed by atoms with E-state index in [2.05, 4.69) is 25.9 Å². The molecule has 10 nitrogen and oxygen atoms in total. The number of carbonyl (C=O) groups excluding carboxylic acids is 1. The zero-order valence-corrected chi connectivity index (χ0v) is 24.3. The van der Waals surface area contributed by atoms with Crippen LogP contribution in [0.4, 0.5) is 24.8 Å². The van der Waals surface area contributed by atoms with E-state index in [9.17, 15) is 18.0 Å². The van der Waals surface area contributed by atoms with Crippen molar-refractivity contribution in [2.45, 2.75) is 31.6 Å². The van der Waals surface area contributed by atoms with Crippen molar-refractivity contribution in [1.29, 1.82) is 0 Å². The molecule has 0 bridgehead atoms. The van der Waals surface area contributed by atoms with Gasteiger partial charge in [-0.15, -0.1) is 0 Å². The Morgan fingerprint density at radius 3 is 2.49 bits per heavy atom. The fourth-order valence-corrected chi connectivity index (χ4v) is 5.10. The number of ether oxygens (including phenoxy) is 2. The molecule has 0 radical (unpaired) electrons. The zero-order valence-electron chi connectivity index (χ0n) is 24.3. The lowest BCUT2D eigenvalue weighted by Gasteiger charge is -2.23. The van der Waals surface area contributed by atoms with Gasteiger partial charge >= 0.3 is 6.18 Å². The predicted octanol–water partition coefficient (Wildman–Crippen LogP) is 6.11. The van der Waals surface area contributed by atoms with Gasteiger partial charge in [-0.3, -0.25) is 4.79 Å². The van der Waals surface area contributed by atoms with Gasteiger partial charge in [0.1, 0.15) is 28.5 Å². The maximum absolute atomic E-state index is 13.0. The van der Waals surface area contributed by atoms with E-state index < -0.39 is 17.6 Å². The standard InChI is InChI=1S/C32H30F3N7O3/c1-44-24-8-4-20(5-9-24)19-42-30-28(29(41-42)39-23-3-2-14-36-18-23)26(13-16-38-30)45-25-10-6-21(7-11-25)31(43)40-27-17-22(12-15-37-27)32(33,34)35/h4-13,15-17,23,36H,2-3,14,18-19H2,1H3,(H,39,41)(H,37,40,43). The molecule has 0 spiro atoms. The fourth-order valence-electron chi connectivity index (χ4n) is 5.10. The Hall–Kier alpha value is -5.17. The van der Waals surface area contributed by atoms with Gasteiger partial charge in [0.15, 0.2) is 11.5 Å². The van der Waals surface area contributed by atoms with Crippen molar-refractivity contribution in [3.8, 4) is 17.2 Å². The smallest absolute Gasteiger partial charge is 0.416 e. The Morgan fingerprint density at radius 1 is 1.02 bits per heavy atom. The van der Waals surface area contributed by atoms with Crippen molar-refractivity contribution in [3.05, 3.63) is 95.8 Å². The third-order valence-electron chi connectivity index (χ3n) is 7.40. The zero-order chi connectivity index (χ0) is 31.4. The molecular formula is C32H30F3N7O3. The number of halogens is 3. The molecule has 1 unspecified atom stereocenters. The maximum atomic E-state index is 13.0. The molecule has 2 aromatic carbocycles. The van der Waals surface area contributed by atoms with Crippen LogP contribution in [0.3, 0.4) is 0 Å². The van der Waals surface area contributed by atoms with Gasteiger partial charge in [0, 0.05) is 36.6 Å². The first-order chi connectivity index (χ1) is 21.8. The molecule has 45 heavy (non-hydrogen) atoms. The molecule has 6 rings (SSSR count). The van der Waals surface area contributed by atoms with Crippen LogP contribution in [-0.2, 0) is 12.7 Å². The average Bonchev–Trinajstić information content (AvgIpc) is 3.39. The van der Waals surface area contributed by atoms with Gasteiger partial charge in [-0.2, -0.15) is 18.3 Å². The summed E-state index contributed by atoms with van der Waals surface area (Å²) in [5.74, 6) is 1.59. The first-order valence-electron chi connectivity index (χ1n) is 14.3. The second kappa shape index (κ2) is 12.8. The van der Waals surface area contributed by atoms with Crippen LogP contribution in [0.25, 0.3) is 11.0 Å². The summed E-state index contributed by atoms with van der Waals surface area (Å²) in [4.78, 5) is 21.2. The van der Waals surface area contributed by atoms with Crippen molar-refractivity contribution in [3.63, 3.8) is 0 Å². The SMILES string of the molecule is COc1ccc(Cn2nc(NC3CCCNC3)c3c(Oc4ccc(C(=O)Nc5cc(C(F)(F)F)ccn5)cc4)ccnc32)cc1. The molecule has 1 aliphatic heterocycles. The molecular weight excluding hydrogens is 587 g/mol. The Kier molecular flexibility index (Phi) is 8.52. The van der Waals surface area contributed by atoms with Crippen LogP contribution < -0.4 is 25.4 Å². The number of pyridine rings is 2. The summed E-state index contributed by atoms with van der Waals surface area (Å²) in [6, 6.07) is 17.6. The van der Waals surface area contributed by atoms with Crippen molar-refractivity contribution in [1.82, 2.24) is 25.1 Å². The molecule has 1 amide bonds. The lowest BCUT2D eigenvalue weighted by Crippen LogP contribution is -2.38.